The van der Waals surface area contributed by atoms with E-state index in [-0.39, 0.29) is 0 Å². The Morgan fingerprint density at radius 2 is 2.44 bits per heavy atom. The second kappa shape index (κ2) is 3.74. The highest BCUT2D eigenvalue weighted by molar-refractivity contribution is 5.75. The fraction of sp³-hybridized carbons (Fsp3) is 0.750. The van der Waals surface area contributed by atoms with Crippen LogP contribution in [0.1, 0.15) is 6.92 Å². The number of carbonyl (C=O) groups is 1. The summed E-state index contributed by atoms with van der Waals surface area (Å²) in [4.78, 5) is 12.8. The average molecular weight is 129 g/mol. The number of hydrogen-bond donors (Lipinski definition) is 0. The minimum atomic E-state index is -0.722. The fourth-order valence-electron chi connectivity index (χ4n) is 0.295. The molecule has 0 saturated carbocycles. The molecule has 0 aliphatic carbocycles. The fourth-order valence-corrected chi connectivity index (χ4v) is 0.295. The molecule has 1 atom stereocenters. The van der Waals surface area contributed by atoms with Crippen molar-refractivity contribution >= 4 is 5.97 Å². The third-order valence-electron chi connectivity index (χ3n) is 0.767. The Morgan fingerprint density at radius 3 is 2.78 bits per heavy atom. The highest BCUT2D eigenvalue weighted by Gasteiger charge is 2.08. The maximum Gasteiger partial charge on any atom is 0.314 e. The average Bonchev–Trinajstić information content (AvgIpc) is 1.87. The summed E-state index contributed by atoms with van der Waals surface area (Å²) in [6, 6.07) is -0.722. The van der Waals surface area contributed by atoms with Crippen molar-refractivity contribution in [3.8, 4) is 0 Å². The van der Waals surface area contributed by atoms with E-state index in [1.165, 1.54) is 14.0 Å². The highest BCUT2D eigenvalue weighted by atomic mass is 16.5. The molecule has 0 rings (SSSR count). The molecule has 0 aromatic carbocycles. The molecule has 9 heavy (non-hydrogen) atoms. The number of methoxy groups -OCH3 is 1. The molecular formula is C4H7N3O2. The van der Waals surface area contributed by atoms with Crippen LogP contribution in [0.4, 0.5) is 0 Å². The second-order valence-corrected chi connectivity index (χ2v) is 1.40. The van der Waals surface area contributed by atoms with Gasteiger partial charge in [-0.25, -0.2) is 0 Å². The predicted octanol–water partition coefficient (Wildman–Crippen LogP) is 0.858. The molecule has 0 radical (unpaired) electrons. The van der Waals surface area contributed by atoms with Gasteiger partial charge < -0.3 is 4.74 Å². The maximum atomic E-state index is 10.4. The first-order valence-corrected chi connectivity index (χ1v) is 2.34. The lowest BCUT2D eigenvalue weighted by atomic mass is 10.4. The van der Waals surface area contributed by atoms with Crippen molar-refractivity contribution in [1.29, 1.82) is 0 Å². The zero-order chi connectivity index (χ0) is 7.28. The summed E-state index contributed by atoms with van der Waals surface area (Å²) in [5, 5.41) is 3.10. The largest absolute Gasteiger partial charge is 0.469 e. The second-order valence-electron chi connectivity index (χ2n) is 1.40. The lowest BCUT2D eigenvalue weighted by Crippen LogP contribution is -2.14. The van der Waals surface area contributed by atoms with Gasteiger partial charge in [-0.05, 0) is 12.5 Å². The van der Waals surface area contributed by atoms with Crippen LogP contribution in [0.2, 0.25) is 0 Å². The Morgan fingerprint density at radius 1 is 1.89 bits per heavy atom. The van der Waals surface area contributed by atoms with E-state index in [2.05, 4.69) is 14.8 Å². The summed E-state index contributed by atoms with van der Waals surface area (Å²) in [5.74, 6) is -0.521. The third kappa shape index (κ3) is 2.56. The van der Waals surface area contributed by atoms with Crippen molar-refractivity contribution in [3.05, 3.63) is 10.4 Å². The van der Waals surface area contributed by atoms with Gasteiger partial charge in [0.25, 0.3) is 0 Å². The summed E-state index contributed by atoms with van der Waals surface area (Å²) in [6.07, 6.45) is 0. The molecule has 5 heteroatoms. The van der Waals surface area contributed by atoms with Gasteiger partial charge in [-0.2, -0.15) is 0 Å². The Kier molecular flexibility index (Phi) is 3.23. The molecule has 0 bridgehead atoms. The summed E-state index contributed by atoms with van der Waals surface area (Å²) in [7, 11) is 1.24. The van der Waals surface area contributed by atoms with Crippen LogP contribution < -0.4 is 0 Å². The van der Waals surface area contributed by atoms with Crippen LogP contribution in [0.25, 0.3) is 10.4 Å². The first-order chi connectivity index (χ1) is 4.22. The van der Waals surface area contributed by atoms with E-state index in [0.29, 0.717) is 0 Å². The van der Waals surface area contributed by atoms with E-state index in [9.17, 15) is 4.79 Å². The molecule has 0 N–H and O–H groups in total. The van der Waals surface area contributed by atoms with Gasteiger partial charge in [0.2, 0.25) is 0 Å². The first kappa shape index (κ1) is 7.78. The molecule has 0 heterocycles. The smallest absolute Gasteiger partial charge is 0.314 e. The molecule has 0 fully saturated rings. The van der Waals surface area contributed by atoms with Crippen LogP contribution in [0.5, 0.6) is 0 Å². The maximum absolute atomic E-state index is 10.4. The van der Waals surface area contributed by atoms with Crippen molar-refractivity contribution in [1.82, 2.24) is 0 Å². The van der Waals surface area contributed by atoms with E-state index >= 15 is 0 Å². The molecule has 0 aromatic heterocycles. The normalized spacial score (nSPS) is 11.3. The summed E-state index contributed by atoms with van der Waals surface area (Å²) < 4.78 is 4.26. The SMILES string of the molecule is COC(=O)[C@H](C)N=[N+]=[N-]. The Labute approximate surface area is 52.2 Å². The highest BCUT2D eigenvalue weighted by Crippen LogP contribution is 1.91. The van der Waals surface area contributed by atoms with E-state index < -0.39 is 12.0 Å². The number of azide groups is 1. The monoisotopic (exact) mass is 129 g/mol. The van der Waals surface area contributed by atoms with Crippen molar-refractivity contribution in [2.45, 2.75) is 13.0 Å². The zero-order valence-corrected chi connectivity index (χ0v) is 5.24. The van der Waals surface area contributed by atoms with Crippen LogP contribution in [0, 0.1) is 0 Å². The zero-order valence-electron chi connectivity index (χ0n) is 5.24. The van der Waals surface area contributed by atoms with Crippen LogP contribution in [-0.2, 0) is 9.53 Å². The molecule has 0 aliphatic heterocycles. The molecule has 0 aromatic rings. The van der Waals surface area contributed by atoms with Crippen molar-refractivity contribution in [2.75, 3.05) is 7.11 Å². The quantitative estimate of drug-likeness (QED) is 0.240. The Bertz CT molecular complexity index is 150. The predicted molar refractivity (Wildman–Crippen MR) is 30.6 cm³/mol. The number of nitrogens with zero attached hydrogens (tertiary/aromatic N) is 3. The van der Waals surface area contributed by atoms with Gasteiger partial charge in [0.05, 0.1) is 7.11 Å². The van der Waals surface area contributed by atoms with E-state index in [1.54, 1.807) is 0 Å². The number of carbonyl (C=O) groups excluding carboxylic acids is 1. The van der Waals surface area contributed by atoms with E-state index in [4.69, 9.17) is 5.53 Å². The third-order valence-corrected chi connectivity index (χ3v) is 0.767. The summed E-state index contributed by atoms with van der Waals surface area (Å²) in [6.45, 7) is 1.46. The summed E-state index contributed by atoms with van der Waals surface area (Å²) >= 11 is 0. The Balaban J connectivity index is 3.87. The number of ether oxygens (including phenoxy) is 1. The van der Waals surface area contributed by atoms with Crippen LogP contribution in [-0.4, -0.2) is 19.1 Å². The van der Waals surface area contributed by atoms with E-state index in [0.717, 1.165) is 0 Å². The lowest BCUT2D eigenvalue weighted by Gasteiger charge is -1.98. The molecule has 50 valence electrons. The molecular weight excluding hydrogens is 122 g/mol. The van der Waals surface area contributed by atoms with Gasteiger partial charge in [-0.3, -0.25) is 4.79 Å². The standard InChI is InChI=1S/C4H7N3O2/c1-3(6-7-5)4(8)9-2/h3H,1-2H3/t3-/m0/s1. The van der Waals surface area contributed by atoms with Gasteiger partial charge in [0.1, 0.15) is 6.04 Å². The topological polar surface area (TPSA) is 75.1 Å². The van der Waals surface area contributed by atoms with Gasteiger partial charge in [-0.15, -0.1) is 0 Å². The molecule has 0 saturated heterocycles. The molecule has 5 nitrogen and oxygen atoms in total. The minimum absolute atomic E-state index is 0.521. The van der Waals surface area contributed by atoms with Crippen molar-refractivity contribution in [2.24, 2.45) is 5.11 Å². The van der Waals surface area contributed by atoms with Crippen LogP contribution in [0.3, 0.4) is 0 Å². The number of hydrogen-bond acceptors (Lipinski definition) is 3. The Hall–Kier alpha value is -1.22. The van der Waals surface area contributed by atoms with Crippen LogP contribution >= 0.6 is 0 Å². The molecule has 0 aliphatic rings. The van der Waals surface area contributed by atoms with Crippen molar-refractivity contribution < 1.29 is 9.53 Å². The first-order valence-electron chi connectivity index (χ1n) is 2.34. The van der Waals surface area contributed by atoms with Crippen LogP contribution in [0.15, 0.2) is 5.11 Å². The molecule has 0 amide bonds. The number of esters is 1. The lowest BCUT2D eigenvalue weighted by molar-refractivity contribution is -0.141. The minimum Gasteiger partial charge on any atom is -0.469 e. The molecule has 0 spiro atoms. The number of rotatable bonds is 2. The van der Waals surface area contributed by atoms with Crippen molar-refractivity contribution in [3.63, 3.8) is 0 Å². The van der Waals surface area contributed by atoms with Gasteiger partial charge in [0.15, 0.2) is 0 Å². The van der Waals surface area contributed by atoms with Gasteiger partial charge in [-0.1, -0.05) is 5.11 Å². The van der Waals surface area contributed by atoms with Gasteiger partial charge in [0, 0.05) is 4.91 Å². The molecule has 0 unspecified atom stereocenters. The van der Waals surface area contributed by atoms with Gasteiger partial charge >= 0.3 is 5.97 Å². The summed E-state index contributed by atoms with van der Waals surface area (Å²) in [5.41, 5.74) is 7.83. The van der Waals surface area contributed by atoms with E-state index in [1.807, 2.05) is 0 Å².